The van der Waals surface area contributed by atoms with Crippen molar-refractivity contribution in [1.82, 2.24) is 19.7 Å². The van der Waals surface area contributed by atoms with Crippen LogP contribution in [0, 0.1) is 0 Å². The minimum Gasteiger partial charge on any atom is -0.447 e. The first-order chi connectivity index (χ1) is 14.7. The molecule has 3 aromatic rings. The first kappa shape index (κ1) is 20.3. The maximum absolute atomic E-state index is 12.7. The van der Waals surface area contributed by atoms with Gasteiger partial charge in [0, 0.05) is 46.3 Å². The number of oxazole rings is 1. The van der Waals surface area contributed by atoms with Crippen LogP contribution < -0.4 is 0 Å². The van der Waals surface area contributed by atoms with Gasteiger partial charge in [0.25, 0.3) is 5.91 Å². The van der Waals surface area contributed by atoms with E-state index in [1.54, 1.807) is 11.9 Å². The Bertz CT molecular complexity index is 934. The summed E-state index contributed by atoms with van der Waals surface area (Å²) in [6.45, 7) is 6.13. The number of aromatic nitrogens is 1. The fourth-order valence-corrected chi connectivity index (χ4v) is 3.74. The maximum Gasteiger partial charge on any atom is 0.275 e. The molecule has 1 aromatic heterocycles. The van der Waals surface area contributed by atoms with E-state index in [9.17, 15) is 4.79 Å². The molecule has 0 spiro atoms. The minimum absolute atomic E-state index is 0.124. The van der Waals surface area contributed by atoms with E-state index < -0.39 is 0 Å². The second kappa shape index (κ2) is 9.69. The summed E-state index contributed by atoms with van der Waals surface area (Å²) in [6, 6.07) is 20.5. The summed E-state index contributed by atoms with van der Waals surface area (Å²) in [5, 5.41) is 0. The van der Waals surface area contributed by atoms with Crippen LogP contribution in [0.15, 0.2) is 71.3 Å². The Morgan fingerprint density at radius 3 is 2.10 bits per heavy atom. The highest BCUT2D eigenvalue weighted by atomic mass is 16.3. The molecule has 1 amide bonds. The Morgan fingerprint density at radius 1 is 0.900 bits per heavy atom. The monoisotopic (exact) mass is 404 g/mol. The van der Waals surface area contributed by atoms with Crippen LogP contribution in [-0.4, -0.2) is 58.8 Å². The normalized spacial score (nSPS) is 15.2. The van der Waals surface area contributed by atoms with Crippen molar-refractivity contribution in [3.63, 3.8) is 0 Å². The molecule has 0 saturated carbocycles. The lowest BCUT2D eigenvalue weighted by Crippen LogP contribution is -2.45. The van der Waals surface area contributed by atoms with Crippen molar-refractivity contribution in [2.75, 3.05) is 33.2 Å². The van der Waals surface area contributed by atoms with Crippen molar-refractivity contribution in [1.29, 1.82) is 0 Å². The fourth-order valence-electron chi connectivity index (χ4n) is 3.74. The van der Waals surface area contributed by atoms with Gasteiger partial charge in [0.05, 0.1) is 6.54 Å². The number of piperazine rings is 1. The molecule has 0 radical (unpaired) electrons. The smallest absolute Gasteiger partial charge is 0.275 e. The van der Waals surface area contributed by atoms with E-state index in [4.69, 9.17) is 4.42 Å². The lowest BCUT2D eigenvalue weighted by molar-refractivity contribution is 0.0779. The molecule has 30 heavy (non-hydrogen) atoms. The van der Waals surface area contributed by atoms with E-state index in [2.05, 4.69) is 45.1 Å². The summed E-state index contributed by atoms with van der Waals surface area (Å²) in [5.41, 5.74) is 2.80. The zero-order chi connectivity index (χ0) is 20.8. The molecule has 2 aromatic carbocycles. The summed E-state index contributed by atoms with van der Waals surface area (Å²) < 4.78 is 5.60. The molecule has 2 heterocycles. The molecular formula is C24H28N4O2. The average Bonchev–Trinajstić information content (AvgIpc) is 3.24. The predicted molar refractivity (Wildman–Crippen MR) is 116 cm³/mol. The number of nitrogens with zero attached hydrogens (tertiary/aromatic N) is 4. The molecule has 0 aliphatic carbocycles. The first-order valence-electron chi connectivity index (χ1n) is 10.4. The SMILES string of the molecule is CN(Cc1ccccc1)C(=O)c1coc(CN2CCN(Cc3ccccc3)CC2)n1. The number of carbonyl (C=O) groups is 1. The van der Waals surface area contributed by atoms with Gasteiger partial charge in [-0.1, -0.05) is 60.7 Å². The van der Waals surface area contributed by atoms with Gasteiger partial charge in [-0.05, 0) is 11.1 Å². The third-order valence-electron chi connectivity index (χ3n) is 5.45. The zero-order valence-electron chi connectivity index (χ0n) is 17.4. The van der Waals surface area contributed by atoms with Gasteiger partial charge in [-0.2, -0.15) is 0 Å². The summed E-state index contributed by atoms with van der Waals surface area (Å²) >= 11 is 0. The molecule has 0 bridgehead atoms. The number of rotatable bonds is 7. The zero-order valence-corrected chi connectivity index (χ0v) is 17.4. The molecule has 0 atom stereocenters. The van der Waals surface area contributed by atoms with Gasteiger partial charge in [-0.15, -0.1) is 0 Å². The van der Waals surface area contributed by atoms with Gasteiger partial charge < -0.3 is 9.32 Å². The topological polar surface area (TPSA) is 52.8 Å². The molecule has 1 saturated heterocycles. The fraction of sp³-hybridized carbons (Fsp3) is 0.333. The van der Waals surface area contributed by atoms with Gasteiger partial charge in [0.1, 0.15) is 6.26 Å². The average molecular weight is 405 g/mol. The standard InChI is InChI=1S/C24H28N4O2/c1-26(16-20-8-4-2-5-9-20)24(29)22-19-30-23(25-22)18-28-14-12-27(13-15-28)17-21-10-6-3-7-11-21/h2-11,19H,12-18H2,1H3. The van der Waals surface area contributed by atoms with E-state index in [1.807, 2.05) is 30.3 Å². The van der Waals surface area contributed by atoms with Crippen LogP contribution in [0.2, 0.25) is 0 Å². The number of amides is 1. The van der Waals surface area contributed by atoms with Gasteiger partial charge >= 0.3 is 0 Å². The summed E-state index contributed by atoms with van der Waals surface area (Å²) in [5.74, 6) is 0.476. The van der Waals surface area contributed by atoms with Crippen LogP contribution in [0.3, 0.4) is 0 Å². The number of carbonyl (C=O) groups excluding carboxylic acids is 1. The lowest BCUT2D eigenvalue weighted by Gasteiger charge is -2.34. The van der Waals surface area contributed by atoms with Crippen LogP contribution in [0.25, 0.3) is 0 Å². The van der Waals surface area contributed by atoms with Crippen molar-refractivity contribution >= 4 is 5.91 Å². The lowest BCUT2D eigenvalue weighted by atomic mass is 10.2. The molecule has 4 rings (SSSR count). The third kappa shape index (κ3) is 5.34. The predicted octanol–water partition coefficient (Wildman–Crippen LogP) is 3.26. The van der Waals surface area contributed by atoms with Crippen molar-refractivity contribution in [3.8, 4) is 0 Å². The molecule has 156 valence electrons. The number of hydrogen-bond acceptors (Lipinski definition) is 5. The van der Waals surface area contributed by atoms with Crippen molar-refractivity contribution in [3.05, 3.63) is 89.6 Å². The summed E-state index contributed by atoms with van der Waals surface area (Å²) in [4.78, 5) is 23.6. The minimum atomic E-state index is -0.124. The highest BCUT2D eigenvalue weighted by Gasteiger charge is 2.21. The van der Waals surface area contributed by atoms with Crippen LogP contribution in [0.5, 0.6) is 0 Å². The van der Waals surface area contributed by atoms with E-state index in [-0.39, 0.29) is 5.91 Å². The Kier molecular flexibility index (Phi) is 6.57. The molecule has 0 unspecified atom stereocenters. The third-order valence-corrected chi connectivity index (χ3v) is 5.45. The molecule has 1 aliphatic rings. The van der Waals surface area contributed by atoms with E-state index >= 15 is 0 Å². The number of benzene rings is 2. The van der Waals surface area contributed by atoms with Crippen LogP contribution in [0.1, 0.15) is 27.5 Å². The maximum atomic E-state index is 12.7. The molecule has 6 nitrogen and oxygen atoms in total. The highest BCUT2D eigenvalue weighted by Crippen LogP contribution is 2.13. The van der Waals surface area contributed by atoms with E-state index in [0.717, 1.165) is 38.3 Å². The van der Waals surface area contributed by atoms with Gasteiger partial charge in [0.2, 0.25) is 5.89 Å². The van der Waals surface area contributed by atoms with Crippen molar-refractivity contribution in [2.24, 2.45) is 0 Å². The van der Waals surface area contributed by atoms with Crippen molar-refractivity contribution < 1.29 is 9.21 Å². The van der Waals surface area contributed by atoms with Gasteiger partial charge in [-0.3, -0.25) is 14.6 Å². The second-order valence-electron chi connectivity index (χ2n) is 7.81. The Balaban J connectivity index is 1.26. The molecular weight excluding hydrogens is 376 g/mol. The first-order valence-corrected chi connectivity index (χ1v) is 10.4. The largest absolute Gasteiger partial charge is 0.447 e. The van der Waals surface area contributed by atoms with Crippen molar-refractivity contribution in [2.45, 2.75) is 19.6 Å². The molecule has 0 N–H and O–H groups in total. The van der Waals surface area contributed by atoms with Gasteiger partial charge in [-0.25, -0.2) is 4.98 Å². The van der Waals surface area contributed by atoms with Crippen LogP contribution >= 0.6 is 0 Å². The summed E-state index contributed by atoms with van der Waals surface area (Å²) in [6.07, 6.45) is 1.48. The van der Waals surface area contributed by atoms with Crippen LogP contribution in [0.4, 0.5) is 0 Å². The Morgan fingerprint density at radius 2 is 1.47 bits per heavy atom. The quantitative estimate of drug-likeness (QED) is 0.605. The highest BCUT2D eigenvalue weighted by molar-refractivity contribution is 5.91. The molecule has 1 aliphatic heterocycles. The van der Waals surface area contributed by atoms with Crippen LogP contribution in [-0.2, 0) is 19.6 Å². The van der Waals surface area contributed by atoms with E-state index in [1.165, 1.54) is 11.8 Å². The Labute approximate surface area is 177 Å². The van der Waals surface area contributed by atoms with Gasteiger partial charge in [0.15, 0.2) is 5.69 Å². The number of hydrogen-bond donors (Lipinski definition) is 0. The summed E-state index contributed by atoms with van der Waals surface area (Å²) in [7, 11) is 1.79. The molecule has 6 heteroatoms. The molecule has 1 fully saturated rings. The van der Waals surface area contributed by atoms with E-state index in [0.29, 0.717) is 24.7 Å². The Hall–Kier alpha value is -2.96. The second-order valence-corrected chi connectivity index (χ2v) is 7.81.